The van der Waals surface area contributed by atoms with E-state index >= 15 is 0 Å². The summed E-state index contributed by atoms with van der Waals surface area (Å²) in [6.07, 6.45) is -2.41. The lowest BCUT2D eigenvalue weighted by Gasteiger charge is -2.28. The molecule has 2 N–H and O–H groups in total. The number of carbonyl (C=O) groups is 1. The van der Waals surface area contributed by atoms with Crippen molar-refractivity contribution in [2.75, 3.05) is 0 Å². The second-order valence-corrected chi connectivity index (χ2v) is 7.74. The molecule has 0 amide bonds. The molecule has 0 saturated heterocycles. The van der Waals surface area contributed by atoms with E-state index in [0.717, 1.165) is 6.07 Å². The molecule has 7 heteroatoms. The maximum absolute atomic E-state index is 14.0. The van der Waals surface area contributed by atoms with Crippen molar-refractivity contribution >= 4 is 17.3 Å². The molecule has 0 radical (unpaired) electrons. The molecule has 4 nitrogen and oxygen atoms in total. The Bertz CT molecular complexity index is 519. The second-order valence-electron chi connectivity index (χ2n) is 5.74. The number of nitrogens with one attached hydrogen (secondary N) is 1. The number of rotatable bonds is 5. The summed E-state index contributed by atoms with van der Waals surface area (Å²) in [6, 6.07) is 2.45. The minimum atomic E-state index is -2.41. The van der Waals surface area contributed by atoms with Crippen LogP contribution in [0.15, 0.2) is 18.2 Å². The number of halogens is 2. The van der Waals surface area contributed by atoms with Crippen LogP contribution in [0.3, 0.4) is 0 Å². The summed E-state index contributed by atoms with van der Waals surface area (Å²) in [7, 11) is 0. The molecular weight excluding hydrogens is 300 g/mol. The summed E-state index contributed by atoms with van der Waals surface area (Å²) in [5.41, 5.74) is 0.500. The molecule has 0 unspecified atom stereocenters. The Balaban J connectivity index is 3.20. The summed E-state index contributed by atoms with van der Waals surface area (Å²) in [4.78, 5) is 10.9. The Hall–Kier alpha value is -1.18. The fourth-order valence-electron chi connectivity index (χ4n) is 1.62. The quantitative estimate of drug-likeness (QED) is 0.819. The first-order chi connectivity index (χ1) is 9.54. The van der Waals surface area contributed by atoms with Crippen molar-refractivity contribution < 1.29 is 23.2 Å². The maximum atomic E-state index is 14.0. The first kappa shape index (κ1) is 17.9. The number of aryl methyl sites for hydroxylation is 1. The van der Waals surface area contributed by atoms with Crippen molar-refractivity contribution in [1.29, 1.82) is 0 Å². The molecule has 1 rings (SSSR count). The maximum Gasteiger partial charge on any atom is 0.340 e. The molecule has 118 valence electrons. The summed E-state index contributed by atoms with van der Waals surface area (Å²) in [6.45, 7) is 6.62. The molecule has 0 saturated carbocycles. The van der Waals surface area contributed by atoms with Gasteiger partial charge in [0, 0.05) is 16.9 Å². The molecule has 0 fully saturated rings. The molecule has 0 bridgehead atoms. The van der Waals surface area contributed by atoms with Crippen molar-refractivity contribution in [3.8, 4) is 0 Å². The monoisotopic (exact) mass is 319 g/mol. The van der Waals surface area contributed by atoms with Gasteiger partial charge in [0.05, 0.1) is 0 Å². The Kier molecular flexibility index (Phi) is 5.72. The van der Waals surface area contributed by atoms with Gasteiger partial charge in [-0.2, -0.15) is 0 Å². The lowest BCUT2D eigenvalue weighted by molar-refractivity contribution is -0.143. The first-order valence-electron chi connectivity index (χ1n) is 6.35. The highest BCUT2D eigenvalue weighted by atomic mass is 32.2. The number of carboxylic acid groups (broad SMARTS) is 1. The first-order valence-corrected chi connectivity index (χ1v) is 7.50. The minimum absolute atomic E-state index is 0.150. The van der Waals surface area contributed by atoms with E-state index in [0.29, 0.717) is 5.56 Å². The van der Waals surface area contributed by atoms with Gasteiger partial charge in [-0.3, -0.25) is 0 Å². The largest absolute Gasteiger partial charge is 0.598 e. The lowest BCUT2D eigenvalue weighted by atomic mass is 10.0. The number of hydrogen-bond donors (Lipinski definition) is 2. The van der Waals surface area contributed by atoms with Gasteiger partial charge in [-0.1, -0.05) is 17.7 Å². The van der Waals surface area contributed by atoms with Crippen LogP contribution in [0.2, 0.25) is 0 Å². The molecule has 3 atom stereocenters. The predicted molar refractivity (Wildman–Crippen MR) is 77.4 cm³/mol. The molecule has 0 aromatic heterocycles. The molecular formula is C14H19F2NO3S. The third-order valence-electron chi connectivity index (χ3n) is 2.81. The predicted octanol–water partition coefficient (Wildman–Crippen LogP) is 2.65. The molecule has 1 aromatic rings. The molecule has 0 aliphatic heterocycles. The summed E-state index contributed by atoms with van der Waals surface area (Å²) < 4.78 is 41.6. The van der Waals surface area contributed by atoms with E-state index in [1.807, 2.05) is 0 Å². The van der Waals surface area contributed by atoms with Crippen LogP contribution in [0.4, 0.5) is 8.78 Å². The smallest absolute Gasteiger partial charge is 0.340 e. The van der Waals surface area contributed by atoms with Crippen LogP contribution in [0.25, 0.3) is 0 Å². The molecule has 0 heterocycles. The Morgan fingerprint density at radius 3 is 2.48 bits per heavy atom. The van der Waals surface area contributed by atoms with Gasteiger partial charge < -0.3 is 9.66 Å². The van der Waals surface area contributed by atoms with Gasteiger partial charge in [0.25, 0.3) is 0 Å². The molecule has 1 aromatic carbocycles. The van der Waals surface area contributed by atoms with Gasteiger partial charge in [0.2, 0.25) is 6.17 Å². The van der Waals surface area contributed by atoms with Crippen LogP contribution in [-0.2, 0) is 16.2 Å². The highest BCUT2D eigenvalue weighted by Gasteiger charge is 2.38. The minimum Gasteiger partial charge on any atom is -0.598 e. The summed E-state index contributed by atoms with van der Waals surface area (Å²) >= 11 is -1.74. The highest BCUT2D eigenvalue weighted by Crippen LogP contribution is 2.27. The van der Waals surface area contributed by atoms with Gasteiger partial charge in [0.15, 0.2) is 0 Å². The van der Waals surface area contributed by atoms with E-state index in [1.54, 1.807) is 27.7 Å². The molecule has 0 aliphatic carbocycles. The molecule has 21 heavy (non-hydrogen) atoms. The fraction of sp³-hybridized carbons (Fsp3) is 0.500. The Labute approximate surface area is 125 Å². The van der Waals surface area contributed by atoms with Crippen molar-refractivity contribution in [3.05, 3.63) is 35.1 Å². The van der Waals surface area contributed by atoms with Gasteiger partial charge in [-0.15, -0.1) is 4.72 Å². The van der Waals surface area contributed by atoms with Crippen molar-refractivity contribution in [3.63, 3.8) is 0 Å². The average Bonchev–Trinajstić information content (AvgIpc) is 2.36. The number of alkyl halides is 1. The molecule has 0 aliphatic rings. The van der Waals surface area contributed by atoms with E-state index in [9.17, 15) is 18.1 Å². The van der Waals surface area contributed by atoms with Crippen LogP contribution in [0.5, 0.6) is 0 Å². The third-order valence-corrected chi connectivity index (χ3v) is 4.39. The zero-order valence-electron chi connectivity index (χ0n) is 12.3. The van der Waals surface area contributed by atoms with Crippen molar-refractivity contribution in [2.45, 2.75) is 44.7 Å². The van der Waals surface area contributed by atoms with Crippen LogP contribution in [0.1, 0.15) is 37.9 Å². The molecule has 0 spiro atoms. The Morgan fingerprint density at radius 2 is 2.00 bits per heavy atom. The summed E-state index contributed by atoms with van der Waals surface area (Å²) in [5, 5.41) is 8.85. The van der Waals surface area contributed by atoms with E-state index in [-0.39, 0.29) is 5.56 Å². The normalized spacial score (nSPS) is 16.3. The van der Waals surface area contributed by atoms with E-state index in [1.165, 1.54) is 12.1 Å². The van der Waals surface area contributed by atoms with Gasteiger partial charge in [-0.25, -0.2) is 13.6 Å². The highest BCUT2D eigenvalue weighted by molar-refractivity contribution is 7.90. The fourth-order valence-corrected chi connectivity index (χ4v) is 2.45. The van der Waals surface area contributed by atoms with E-state index < -0.39 is 40.1 Å². The topological polar surface area (TPSA) is 72.4 Å². The van der Waals surface area contributed by atoms with Crippen LogP contribution < -0.4 is 4.72 Å². The third kappa shape index (κ3) is 4.66. The number of aliphatic carboxylic acids is 1. The summed E-state index contributed by atoms with van der Waals surface area (Å²) in [5.74, 6) is -2.48. The van der Waals surface area contributed by atoms with Crippen molar-refractivity contribution in [2.24, 2.45) is 0 Å². The number of benzene rings is 1. The van der Waals surface area contributed by atoms with E-state index in [4.69, 9.17) is 5.11 Å². The van der Waals surface area contributed by atoms with Gasteiger partial charge in [-0.05, 0) is 33.8 Å². The zero-order chi connectivity index (χ0) is 16.4. The van der Waals surface area contributed by atoms with Gasteiger partial charge >= 0.3 is 5.97 Å². The number of hydrogen-bond acceptors (Lipinski definition) is 3. The van der Waals surface area contributed by atoms with Gasteiger partial charge in [0.1, 0.15) is 16.6 Å². The van der Waals surface area contributed by atoms with E-state index in [2.05, 4.69) is 4.72 Å². The second kappa shape index (κ2) is 6.72. The van der Waals surface area contributed by atoms with Crippen molar-refractivity contribution in [1.82, 2.24) is 4.72 Å². The van der Waals surface area contributed by atoms with Crippen LogP contribution in [-0.4, -0.2) is 26.5 Å². The number of carboxylic acids is 1. The lowest BCUT2D eigenvalue weighted by Crippen LogP contribution is -2.45. The zero-order valence-corrected chi connectivity index (χ0v) is 13.1. The van der Waals surface area contributed by atoms with Crippen LogP contribution in [0, 0.1) is 12.7 Å². The van der Waals surface area contributed by atoms with Crippen LogP contribution >= 0.6 is 0 Å². The Morgan fingerprint density at radius 1 is 1.43 bits per heavy atom. The average molecular weight is 319 g/mol. The standard InChI is InChI=1S/C14H19F2NO3S/c1-8-5-6-10(15)9(7-8)12(11(16)13(18)19)17-21(20)14(2,3)4/h5-7,11-12,17H,1-4H3,(H,18,19)/t11-,12+,21-/m0/s1. The SMILES string of the molecule is Cc1ccc(F)c([C@@H](N[S@@+]([O-])C(C)(C)C)[C@H](F)C(=O)O)c1.